The fraction of sp³-hybridized carbons (Fsp3) is 0.0667. The van der Waals surface area contributed by atoms with Crippen molar-refractivity contribution in [1.82, 2.24) is 0 Å². The predicted molar refractivity (Wildman–Crippen MR) is 66.0 cm³/mol. The van der Waals surface area contributed by atoms with Crippen molar-refractivity contribution in [2.75, 3.05) is 0 Å². The Kier molecular flexibility index (Phi) is 2.90. The van der Waals surface area contributed by atoms with Gasteiger partial charge < -0.3 is 0 Å². The second-order valence-corrected chi connectivity index (χ2v) is 3.82. The molecule has 0 spiro atoms. The number of benzene rings is 2. The first-order valence-corrected chi connectivity index (χ1v) is 5.26. The maximum absolute atomic E-state index is 9.16. The highest BCUT2D eigenvalue weighted by Crippen LogP contribution is 2.28. The van der Waals surface area contributed by atoms with Gasteiger partial charge in [-0.3, -0.25) is 0 Å². The van der Waals surface area contributed by atoms with Gasteiger partial charge in [-0.25, -0.2) is 0 Å². The van der Waals surface area contributed by atoms with Crippen LogP contribution in [0.15, 0.2) is 42.5 Å². The molecule has 2 heteroatoms. The lowest BCUT2D eigenvalue weighted by molar-refractivity contribution is 1.38. The average Bonchev–Trinajstić information content (AvgIpc) is 2.38. The summed E-state index contributed by atoms with van der Waals surface area (Å²) in [7, 11) is 0. The number of hydrogen-bond donors (Lipinski definition) is 0. The molecule has 0 bridgehead atoms. The van der Waals surface area contributed by atoms with Gasteiger partial charge >= 0.3 is 0 Å². The summed E-state index contributed by atoms with van der Waals surface area (Å²) in [5, 5.41) is 18.3. The molecule has 80 valence electrons. The van der Waals surface area contributed by atoms with Crippen molar-refractivity contribution in [3.63, 3.8) is 0 Å². The second kappa shape index (κ2) is 4.51. The first kappa shape index (κ1) is 10.9. The Morgan fingerprint density at radius 3 is 1.88 bits per heavy atom. The number of nitrogens with zero attached hydrogens (tertiary/aromatic N) is 2. The molecule has 0 atom stereocenters. The molecule has 0 aromatic heterocycles. The zero-order chi connectivity index (χ0) is 12.3. The Morgan fingerprint density at radius 2 is 1.41 bits per heavy atom. The van der Waals surface area contributed by atoms with E-state index < -0.39 is 0 Å². The predicted octanol–water partition coefficient (Wildman–Crippen LogP) is 3.41. The van der Waals surface area contributed by atoms with Gasteiger partial charge in [0.15, 0.2) is 0 Å². The third-order valence-corrected chi connectivity index (χ3v) is 2.59. The Bertz CT molecular complexity index is 593. The van der Waals surface area contributed by atoms with Crippen molar-refractivity contribution in [3.8, 4) is 23.3 Å². The third-order valence-electron chi connectivity index (χ3n) is 2.59. The van der Waals surface area contributed by atoms with E-state index in [9.17, 15) is 0 Å². The average molecular weight is 218 g/mol. The standard InChI is InChI=1S/C15H10N2/c1-11-7-13(9-16)15(14(8-11)10-17)12-5-3-2-4-6-12/h2-8H,1H3. The van der Waals surface area contributed by atoms with Crippen molar-refractivity contribution in [2.24, 2.45) is 0 Å². The van der Waals surface area contributed by atoms with Gasteiger partial charge in [-0.15, -0.1) is 0 Å². The van der Waals surface area contributed by atoms with E-state index in [4.69, 9.17) is 10.5 Å². The third kappa shape index (κ3) is 2.02. The van der Waals surface area contributed by atoms with E-state index in [2.05, 4.69) is 12.1 Å². The van der Waals surface area contributed by atoms with Gasteiger partial charge in [-0.2, -0.15) is 10.5 Å². The molecule has 0 aliphatic heterocycles. The maximum atomic E-state index is 9.16. The van der Waals surface area contributed by atoms with Crippen LogP contribution in [0.2, 0.25) is 0 Å². The molecular weight excluding hydrogens is 208 g/mol. The van der Waals surface area contributed by atoms with Crippen molar-refractivity contribution < 1.29 is 0 Å². The molecule has 0 N–H and O–H groups in total. The van der Waals surface area contributed by atoms with Crippen molar-refractivity contribution in [3.05, 3.63) is 59.2 Å². The Morgan fingerprint density at radius 1 is 0.882 bits per heavy atom. The molecule has 0 radical (unpaired) electrons. The summed E-state index contributed by atoms with van der Waals surface area (Å²) in [6, 6.07) is 17.5. The highest BCUT2D eigenvalue weighted by Gasteiger charge is 2.11. The molecule has 0 fully saturated rings. The fourth-order valence-corrected chi connectivity index (χ4v) is 1.88. The van der Waals surface area contributed by atoms with Crippen LogP contribution < -0.4 is 0 Å². The summed E-state index contributed by atoms with van der Waals surface area (Å²) in [6.07, 6.45) is 0. The number of hydrogen-bond acceptors (Lipinski definition) is 2. The van der Waals surface area contributed by atoms with E-state index in [1.807, 2.05) is 49.4 Å². The van der Waals surface area contributed by atoms with Crippen LogP contribution in [0.25, 0.3) is 11.1 Å². The zero-order valence-corrected chi connectivity index (χ0v) is 9.44. The lowest BCUT2D eigenvalue weighted by atomic mass is 9.93. The van der Waals surface area contributed by atoms with Crippen LogP contribution in [-0.2, 0) is 0 Å². The van der Waals surface area contributed by atoms with Crippen LogP contribution in [0.3, 0.4) is 0 Å². The summed E-state index contributed by atoms with van der Waals surface area (Å²) < 4.78 is 0. The summed E-state index contributed by atoms with van der Waals surface area (Å²) in [5.41, 5.74) is 3.65. The largest absolute Gasteiger partial charge is 0.192 e. The highest BCUT2D eigenvalue weighted by molar-refractivity contribution is 5.77. The van der Waals surface area contributed by atoms with Gasteiger partial charge in [0.05, 0.1) is 23.3 Å². The maximum Gasteiger partial charge on any atom is 0.0998 e. The normalized spacial score (nSPS) is 9.35. The molecule has 0 saturated heterocycles. The van der Waals surface area contributed by atoms with Gasteiger partial charge in [0.25, 0.3) is 0 Å². The van der Waals surface area contributed by atoms with Crippen LogP contribution in [0.5, 0.6) is 0 Å². The van der Waals surface area contributed by atoms with Gasteiger partial charge in [0.1, 0.15) is 0 Å². The zero-order valence-electron chi connectivity index (χ0n) is 9.44. The number of rotatable bonds is 1. The van der Waals surface area contributed by atoms with Crippen molar-refractivity contribution >= 4 is 0 Å². The fourth-order valence-electron chi connectivity index (χ4n) is 1.88. The van der Waals surface area contributed by atoms with Gasteiger partial charge in [-0.05, 0) is 30.2 Å². The molecule has 2 nitrogen and oxygen atoms in total. The van der Waals surface area contributed by atoms with Crippen molar-refractivity contribution in [2.45, 2.75) is 6.92 Å². The molecule has 0 heterocycles. The van der Waals surface area contributed by atoms with Crippen LogP contribution >= 0.6 is 0 Å². The number of nitriles is 2. The monoisotopic (exact) mass is 218 g/mol. The van der Waals surface area contributed by atoms with Crippen LogP contribution in [0.4, 0.5) is 0 Å². The topological polar surface area (TPSA) is 47.6 Å². The molecule has 0 amide bonds. The summed E-state index contributed by atoms with van der Waals surface area (Å²) in [4.78, 5) is 0. The van der Waals surface area contributed by atoms with Crippen LogP contribution in [-0.4, -0.2) is 0 Å². The summed E-state index contributed by atoms with van der Waals surface area (Å²) >= 11 is 0. The minimum absolute atomic E-state index is 0.549. The Hall–Kier alpha value is -2.58. The Balaban J connectivity index is 2.78. The van der Waals surface area contributed by atoms with E-state index in [0.717, 1.165) is 16.7 Å². The lowest BCUT2D eigenvalue weighted by Gasteiger charge is -2.07. The highest BCUT2D eigenvalue weighted by atomic mass is 14.3. The van der Waals surface area contributed by atoms with Crippen molar-refractivity contribution in [1.29, 1.82) is 10.5 Å². The quantitative estimate of drug-likeness (QED) is 0.736. The summed E-state index contributed by atoms with van der Waals surface area (Å²) in [5.74, 6) is 0. The van der Waals surface area contributed by atoms with Gasteiger partial charge in [-0.1, -0.05) is 30.3 Å². The van der Waals surface area contributed by atoms with Gasteiger partial charge in [0.2, 0.25) is 0 Å². The van der Waals surface area contributed by atoms with E-state index >= 15 is 0 Å². The van der Waals surface area contributed by atoms with E-state index in [1.54, 1.807) is 0 Å². The molecule has 2 aromatic carbocycles. The summed E-state index contributed by atoms with van der Waals surface area (Å²) in [6.45, 7) is 1.89. The first-order valence-electron chi connectivity index (χ1n) is 5.26. The van der Waals surface area contributed by atoms with E-state index in [1.165, 1.54) is 0 Å². The molecule has 0 saturated carbocycles. The molecule has 0 aliphatic rings. The molecule has 0 aliphatic carbocycles. The molecule has 0 unspecified atom stereocenters. The minimum atomic E-state index is 0.549. The first-order chi connectivity index (χ1) is 8.26. The van der Waals surface area contributed by atoms with Crippen LogP contribution in [0, 0.1) is 29.6 Å². The minimum Gasteiger partial charge on any atom is -0.192 e. The van der Waals surface area contributed by atoms with E-state index in [0.29, 0.717) is 11.1 Å². The SMILES string of the molecule is Cc1cc(C#N)c(-c2ccccc2)c(C#N)c1. The molecular formula is C15H10N2. The molecule has 17 heavy (non-hydrogen) atoms. The van der Waals surface area contributed by atoms with Crippen LogP contribution in [0.1, 0.15) is 16.7 Å². The lowest BCUT2D eigenvalue weighted by Crippen LogP contribution is -1.91. The van der Waals surface area contributed by atoms with E-state index in [-0.39, 0.29) is 0 Å². The van der Waals surface area contributed by atoms with Gasteiger partial charge in [0, 0.05) is 5.56 Å². The molecule has 2 rings (SSSR count). The Labute approximate surface area is 100 Å². The smallest absolute Gasteiger partial charge is 0.0998 e. The number of aryl methyl sites for hydroxylation is 1. The molecule has 2 aromatic rings. The second-order valence-electron chi connectivity index (χ2n) is 3.82.